The third-order valence-electron chi connectivity index (χ3n) is 3.80. The van der Waals surface area contributed by atoms with Gasteiger partial charge in [-0.15, -0.1) is 0 Å². The number of aryl methyl sites for hydroxylation is 1. The number of amides is 1. The lowest BCUT2D eigenvalue weighted by Crippen LogP contribution is -2.45. The molecule has 2 aromatic rings. The summed E-state index contributed by atoms with van der Waals surface area (Å²) in [6, 6.07) is 12.9. The summed E-state index contributed by atoms with van der Waals surface area (Å²) in [6.45, 7) is 3.59. The maximum Gasteiger partial charge on any atom is 0.247 e. The Morgan fingerprint density at radius 3 is 2.16 bits per heavy atom. The molecule has 0 saturated heterocycles. The first kappa shape index (κ1) is 19.3. The van der Waals surface area contributed by atoms with Crippen molar-refractivity contribution in [2.75, 3.05) is 15.9 Å². The van der Waals surface area contributed by atoms with Crippen molar-refractivity contribution in [1.29, 1.82) is 0 Å². The SMILES string of the molecule is CCc1ccc(NC(=O)[C@@H](C)N(c2ccc(Cl)cc2)S(C)(=O)=O)cc1. The van der Waals surface area contributed by atoms with E-state index in [0.29, 0.717) is 16.4 Å². The Morgan fingerprint density at radius 2 is 1.68 bits per heavy atom. The first-order valence-electron chi connectivity index (χ1n) is 7.87. The number of rotatable bonds is 6. The molecule has 25 heavy (non-hydrogen) atoms. The Hall–Kier alpha value is -2.05. The fraction of sp³-hybridized carbons (Fsp3) is 0.278. The third-order valence-corrected chi connectivity index (χ3v) is 5.29. The molecule has 0 fully saturated rings. The topological polar surface area (TPSA) is 66.5 Å². The van der Waals surface area contributed by atoms with Gasteiger partial charge in [-0.1, -0.05) is 30.7 Å². The van der Waals surface area contributed by atoms with Crippen LogP contribution in [0.1, 0.15) is 19.4 Å². The Balaban J connectivity index is 2.24. The highest BCUT2D eigenvalue weighted by Crippen LogP contribution is 2.23. The van der Waals surface area contributed by atoms with Crippen molar-refractivity contribution in [3.8, 4) is 0 Å². The molecule has 0 bridgehead atoms. The normalized spacial score (nSPS) is 12.5. The lowest BCUT2D eigenvalue weighted by atomic mass is 10.1. The summed E-state index contributed by atoms with van der Waals surface area (Å²) in [5.41, 5.74) is 2.17. The van der Waals surface area contributed by atoms with E-state index in [1.165, 1.54) is 0 Å². The highest BCUT2D eigenvalue weighted by atomic mass is 35.5. The van der Waals surface area contributed by atoms with Gasteiger partial charge in [0.15, 0.2) is 0 Å². The second-order valence-electron chi connectivity index (χ2n) is 5.75. The maximum absolute atomic E-state index is 12.6. The third kappa shape index (κ3) is 4.96. The van der Waals surface area contributed by atoms with Gasteiger partial charge < -0.3 is 5.32 Å². The molecule has 0 aliphatic carbocycles. The van der Waals surface area contributed by atoms with Crippen LogP contribution in [-0.4, -0.2) is 26.6 Å². The highest BCUT2D eigenvalue weighted by molar-refractivity contribution is 7.92. The number of benzene rings is 2. The van der Waals surface area contributed by atoms with E-state index in [-0.39, 0.29) is 0 Å². The van der Waals surface area contributed by atoms with Crippen LogP contribution < -0.4 is 9.62 Å². The van der Waals surface area contributed by atoms with Gasteiger partial charge in [0.1, 0.15) is 6.04 Å². The maximum atomic E-state index is 12.6. The quantitative estimate of drug-likeness (QED) is 0.830. The van der Waals surface area contributed by atoms with Crippen molar-refractivity contribution >= 4 is 38.9 Å². The molecule has 0 aliphatic heterocycles. The average molecular weight is 381 g/mol. The second kappa shape index (κ2) is 7.89. The minimum atomic E-state index is -3.65. The van der Waals surface area contributed by atoms with E-state index in [2.05, 4.69) is 5.32 Å². The number of nitrogens with one attached hydrogen (secondary N) is 1. The molecule has 2 rings (SSSR count). The molecule has 0 heterocycles. The van der Waals surface area contributed by atoms with E-state index in [9.17, 15) is 13.2 Å². The Bertz CT molecular complexity index is 834. The van der Waals surface area contributed by atoms with Gasteiger partial charge in [-0.25, -0.2) is 8.42 Å². The molecule has 134 valence electrons. The van der Waals surface area contributed by atoms with Gasteiger partial charge in [-0.05, 0) is 55.3 Å². The fourth-order valence-corrected chi connectivity index (χ4v) is 3.77. The van der Waals surface area contributed by atoms with Crippen LogP contribution in [0.3, 0.4) is 0 Å². The van der Waals surface area contributed by atoms with Crippen LogP contribution in [0.25, 0.3) is 0 Å². The van der Waals surface area contributed by atoms with Gasteiger partial charge >= 0.3 is 0 Å². The van der Waals surface area contributed by atoms with E-state index in [1.807, 2.05) is 19.1 Å². The molecule has 0 saturated carbocycles. The molecule has 1 atom stereocenters. The van der Waals surface area contributed by atoms with Crippen molar-refractivity contribution in [3.63, 3.8) is 0 Å². The lowest BCUT2D eigenvalue weighted by molar-refractivity contribution is -0.116. The highest BCUT2D eigenvalue weighted by Gasteiger charge is 2.29. The van der Waals surface area contributed by atoms with Crippen LogP contribution >= 0.6 is 11.6 Å². The van der Waals surface area contributed by atoms with Crippen molar-refractivity contribution in [2.45, 2.75) is 26.3 Å². The summed E-state index contributed by atoms with van der Waals surface area (Å²) in [4.78, 5) is 12.6. The molecular weight excluding hydrogens is 360 g/mol. The zero-order valence-electron chi connectivity index (χ0n) is 14.4. The lowest BCUT2D eigenvalue weighted by Gasteiger charge is -2.28. The number of hydrogen-bond donors (Lipinski definition) is 1. The number of carbonyl (C=O) groups is 1. The van der Waals surface area contributed by atoms with E-state index < -0.39 is 22.0 Å². The summed E-state index contributed by atoms with van der Waals surface area (Å²) in [5, 5.41) is 3.25. The predicted molar refractivity (Wildman–Crippen MR) is 103 cm³/mol. The molecule has 5 nitrogen and oxygen atoms in total. The summed E-state index contributed by atoms with van der Waals surface area (Å²) in [5.74, 6) is -0.412. The fourth-order valence-electron chi connectivity index (χ4n) is 2.47. The monoisotopic (exact) mass is 380 g/mol. The molecule has 0 radical (unpaired) electrons. The number of halogens is 1. The number of nitrogens with zero attached hydrogens (tertiary/aromatic N) is 1. The van der Waals surface area contributed by atoms with Crippen molar-refractivity contribution < 1.29 is 13.2 Å². The van der Waals surface area contributed by atoms with E-state index in [0.717, 1.165) is 22.5 Å². The Kier molecular flexibility index (Phi) is 6.08. The van der Waals surface area contributed by atoms with Gasteiger partial charge in [-0.2, -0.15) is 0 Å². The molecule has 7 heteroatoms. The number of anilines is 2. The average Bonchev–Trinajstić information content (AvgIpc) is 2.56. The molecule has 0 aliphatic rings. The van der Waals surface area contributed by atoms with Crippen LogP contribution in [-0.2, 0) is 21.2 Å². The van der Waals surface area contributed by atoms with Gasteiger partial charge in [0.25, 0.3) is 0 Å². The Labute approximate surface area is 153 Å². The molecule has 1 N–H and O–H groups in total. The van der Waals surface area contributed by atoms with Crippen molar-refractivity contribution in [1.82, 2.24) is 0 Å². The van der Waals surface area contributed by atoms with E-state index in [4.69, 9.17) is 11.6 Å². The van der Waals surface area contributed by atoms with Crippen LogP contribution in [0.2, 0.25) is 5.02 Å². The zero-order valence-corrected chi connectivity index (χ0v) is 15.9. The van der Waals surface area contributed by atoms with Gasteiger partial charge in [0, 0.05) is 10.7 Å². The molecule has 0 spiro atoms. The minimum absolute atomic E-state index is 0.385. The molecule has 2 aromatic carbocycles. The summed E-state index contributed by atoms with van der Waals surface area (Å²) < 4.78 is 25.5. The van der Waals surface area contributed by atoms with Crippen LogP contribution in [0.5, 0.6) is 0 Å². The van der Waals surface area contributed by atoms with Crippen molar-refractivity contribution in [2.24, 2.45) is 0 Å². The molecule has 0 aromatic heterocycles. The van der Waals surface area contributed by atoms with Crippen molar-refractivity contribution in [3.05, 3.63) is 59.1 Å². The summed E-state index contributed by atoms with van der Waals surface area (Å²) in [7, 11) is -3.65. The largest absolute Gasteiger partial charge is 0.324 e. The predicted octanol–water partition coefficient (Wildman–Crippen LogP) is 3.70. The summed E-state index contributed by atoms with van der Waals surface area (Å²) >= 11 is 5.86. The first-order chi connectivity index (χ1) is 11.7. The van der Waals surface area contributed by atoms with Crippen LogP contribution in [0.4, 0.5) is 11.4 Å². The molecule has 0 unspecified atom stereocenters. The van der Waals surface area contributed by atoms with E-state index in [1.54, 1.807) is 43.3 Å². The van der Waals surface area contributed by atoms with Gasteiger partial charge in [0.05, 0.1) is 11.9 Å². The van der Waals surface area contributed by atoms with Crippen LogP contribution in [0, 0.1) is 0 Å². The number of sulfonamides is 1. The van der Waals surface area contributed by atoms with Gasteiger partial charge in [-0.3, -0.25) is 9.10 Å². The number of carbonyl (C=O) groups excluding carboxylic acids is 1. The van der Waals surface area contributed by atoms with Gasteiger partial charge in [0.2, 0.25) is 15.9 Å². The van der Waals surface area contributed by atoms with Crippen LogP contribution in [0.15, 0.2) is 48.5 Å². The first-order valence-corrected chi connectivity index (χ1v) is 10.1. The second-order valence-corrected chi connectivity index (χ2v) is 8.05. The molecular formula is C18H21ClN2O3S. The zero-order chi connectivity index (χ0) is 18.6. The van der Waals surface area contributed by atoms with E-state index >= 15 is 0 Å². The molecule has 1 amide bonds. The smallest absolute Gasteiger partial charge is 0.247 e. The Morgan fingerprint density at radius 1 is 1.12 bits per heavy atom. The number of hydrogen-bond acceptors (Lipinski definition) is 3. The minimum Gasteiger partial charge on any atom is -0.324 e. The standard InChI is InChI=1S/C18H21ClN2O3S/c1-4-14-5-9-16(10-6-14)20-18(22)13(2)21(25(3,23)24)17-11-7-15(19)8-12-17/h5-13H,4H2,1-3H3,(H,20,22)/t13-/m1/s1. The summed E-state index contributed by atoms with van der Waals surface area (Å²) in [6.07, 6.45) is 1.98.